The van der Waals surface area contributed by atoms with E-state index in [2.05, 4.69) is 0 Å². The summed E-state index contributed by atoms with van der Waals surface area (Å²) in [5.74, 6) is 5.51. The predicted molar refractivity (Wildman–Crippen MR) is 49.4 cm³/mol. The molecule has 1 aromatic rings. The van der Waals surface area contributed by atoms with Crippen molar-refractivity contribution in [3.8, 4) is 0 Å². The molecule has 0 unspecified atom stereocenters. The third kappa shape index (κ3) is 1.66. The molecule has 0 aliphatic carbocycles. The van der Waals surface area contributed by atoms with E-state index >= 15 is 0 Å². The monoisotopic (exact) mass is 167 g/mol. The van der Waals surface area contributed by atoms with Crippen LogP contribution in [0.1, 0.15) is 5.56 Å². The SMILES string of the molecule is CN(N)c1cc(CO)ccc1N. The molecular weight excluding hydrogens is 154 g/mol. The molecule has 0 saturated heterocycles. The van der Waals surface area contributed by atoms with Crippen molar-refractivity contribution in [1.29, 1.82) is 0 Å². The van der Waals surface area contributed by atoms with E-state index in [4.69, 9.17) is 16.7 Å². The first-order chi connectivity index (χ1) is 5.65. The first-order valence-corrected chi connectivity index (χ1v) is 3.63. The first kappa shape index (κ1) is 8.83. The average Bonchev–Trinajstić information content (AvgIpc) is 2.05. The van der Waals surface area contributed by atoms with Crippen LogP contribution in [0.15, 0.2) is 18.2 Å². The molecule has 0 aromatic heterocycles. The van der Waals surface area contributed by atoms with Crippen LogP contribution in [-0.2, 0) is 6.61 Å². The van der Waals surface area contributed by atoms with Gasteiger partial charge in [0.05, 0.1) is 18.0 Å². The lowest BCUT2D eigenvalue weighted by Gasteiger charge is -2.15. The number of benzene rings is 1. The lowest BCUT2D eigenvalue weighted by molar-refractivity contribution is 0.282. The highest BCUT2D eigenvalue weighted by Gasteiger charge is 2.01. The van der Waals surface area contributed by atoms with Gasteiger partial charge in [-0.05, 0) is 17.7 Å². The number of hydrogen-bond acceptors (Lipinski definition) is 4. The van der Waals surface area contributed by atoms with Crippen molar-refractivity contribution in [2.45, 2.75) is 6.61 Å². The van der Waals surface area contributed by atoms with Crippen molar-refractivity contribution in [1.82, 2.24) is 0 Å². The van der Waals surface area contributed by atoms with Crippen LogP contribution in [-0.4, -0.2) is 12.2 Å². The highest BCUT2D eigenvalue weighted by Crippen LogP contribution is 2.21. The van der Waals surface area contributed by atoms with Gasteiger partial charge in [-0.3, -0.25) is 0 Å². The van der Waals surface area contributed by atoms with Gasteiger partial charge in [-0.25, -0.2) is 5.84 Å². The molecule has 66 valence electrons. The van der Waals surface area contributed by atoms with Crippen molar-refractivity contribution in [2.24, 2.45) is 5.84 Å². The third-order valence-electron chi connectivity index (χ3n) is 1.66. The van der Waals surface area contributed by atoms with Crippen LogP contribution in [0.25, 0.3) is 0 Å². The first-order valence-electron chi connectivity index (χ1n) is 3.63. The summed E-state index contributed by atoms with van der Waals surface area (Å²) >= 11 is 0. The molecule has 0 saturated carbocycles. The van der Waals surface area contributed by atoms with E-state index in [1.807, 2.05) is 0 Å². The van der Waals surface area contributed by atoms with Gasteiger partial charge in [0, 0.05) is 7.05 Å². The molecule has 0 aliphatic rings. The van der Waals surface area contributed by atoms with Gasteiger partial charge in [0.15, 0.2) is 0 Å². The normalized spacial score (nSPS) is 9.92. The number of aliphatic hydroxyl groups excluding tert-OH is 1. The van der Waals surface area contributed by atoms with Crippen LogP contribution in [0.2, 0.25) is 0 Å². The van der Waals surface area contributed by atoms with Crippen LogP contribution in [0.3, 0.4) is 0 Å². The molecular formula is C8H13N3O. The molecule has 1 aromatic carbocycles. The summed E-state index contributed by atoms with van der Waals surface area (Å²) in [6, 6.07) is 5.25. The van der Waals surface area contributed by atoms with Gasteiger partial charge in [-0.15, -0.1) is 0 Å². The minimum Gasteiger partial charge on any atom is -0.397 e. The van der Waals surface area contributed by atoms with E-state index in [0.29, 0.717) is 5.69 Å². The summed E-state index contributed by atoms with van der Waals surface area (Å²) in [6.45, 7) is 0.00111. The molecule has 5 N–H and O–H groups in total. The van der Waals surface area contributed by atoms with E-state index in [1.54, 1.807) is 25.2 Å². The highest BCUT2D eigenvalue weighted by molar-refractivity contribution is 5.67. The second-order valence-electron chi connectivity index (χ2n) is 2.66. The van der Waals surface area contributed by atoms with Crippen molar-refractivity contribution >= 4 is 11.4 Å². The molecule has 0 spiro atoms. The number of nitrogen functional groups attached to an aromatic ring is 1. The minimum atomic E-state index is 0.00111. The fourth-order valence-corrected chi connectivity index (χ4v) is 0.993. The molecule has 0 fully saturated rings. The maximum atomic E-state index is 8.83. The molecule has 4 nitrogen and oxygen atoms in total. The molecule has 0 bridgehead atoms. The van der Waals surface area contributed by atoms with E-state index in [9.17, 15) is 0 Å². The number of aliphatic hydroxyl groups is 1. The minimum absolute atomic E-state index is 0.00111. The zero-order chi connectivity index (χ0) is 9.14. The van der Waals surface area contributed by atoms with Crippen molar-refractivity contribution in [3.63, 3.8) is 0 Å². The smallest absolute Gasteiger partial charge is 0.0746 e. The molecule has 0 aliphatic heterocycles. The molecule has 0 radical (unpaired) electrons. The summed E-state index contributed by atoms with van der Waals surface area (Å²) in [6.07, 6.45) is 0. The Morgan fingerprint density at radius 1 is 1.50 bits per heavy atom. The fraction of sp³-hybridized carbons (Fsp3) is 0.250. The molecule has 1 rings (SSSR count). The zero-order valence-corrected chi connectivity index (χ0v) is 6.99. The Labute approximate surface area is 71.4 Å². The van der Waals surface area contributed by atoms with Gasteiger partial charge in [0.1, 0.15) is 0 Å². The summed E-state index contributed by atoms with van der Waals surface area (Å²) in [4.78, 5) is 0. The summed E-state index contributed by atoms with van der Waals surface area (Å²) < 4.78 is 0. The van der Waals surface area contributed by atoms with E-state index in [1.165, 1.54) is 5.01 Å². The van der Waals surface area contributed by atoms with Gasteiger partial charge >= 0.3 is 0 Å². The Bertz CT molecular complexity index is 273. The largest absolute Gasteiger partial charge is 0.397 e. The maximum Gasteiger partial charge on any atom is 0.0746 e. The lowest BCUT2D eigenvalue weighted by Crippen LogP contribution is -2.26. The average molecular weight is 167 g/mol. The van der Waals surface area contributed by atoms with E-state index < -0.39 is 0 Å². The summed E-state index contributed by atoms with van der Waals surface area (Å²) in [7, 11) is 1.70. The van der Waals surface area contributed by atoms with Crippen LogP contribution >= 0.6 is 0 Å². The fourth-order valence-electron chi connectivity index (χ4n) is 0.993. The summed E-state index contributed by atoms with van der Waals surface area (Å²) in [5, 5.41) is 10.3. The Morgan fingerprint density at radius 2 is 2.17 bits per heavy atom. The number of nitrogens with two attached hydrogens (primary N) is 2. The zero-order valence-electron chi connectivity index (χ0n) is 6.99. The Kier molecular flexibility index (Phi) is 2.52. The van der Waals surface area contributed by atoms with Crippen LogP contribution in [0.5, 0.6) is 0 Å². The Hall–Kier alpha value is -1.26. The molecule has 4 heteroatoms. The standard InChI is InChI=1S/C8H13N3O/c1-11(10)8-4-6(5-12)2-3-7(8)9/h2-4,12H,5,9-10H2,1H3. The van der Waals surface area contributed by atoms with Crippen LogP contribution in [0, 0.1) is 0 Å². The van der Waals surface area contributed by atoms with Gasteiger partial charge in [-0.1, -0.05) is 6.07 Å². The Balaban J connectivity index is 3.08. The Morgan fingerprint density at radius 3 is 2.67 bits per heavy atom. The van der Waals surface area contributed by atoms with Crippen LogP contribution < -0.4 is 16.6 Å². The van der Waals surface area contributed by atoms with Crippen LogP contribution in [0.4, 0.5) is 11.4 Å². The highest BCUT2D eigenvalue weighted by atomic mass is 16.3. The second kappa shape index (κ2) is 3.42. The number of hydrogen-bond donors (Lipinski definition) is 3. The third-order valence-corrected chi connectivity index (χ3v) is 1.66. The number of rotatable bonds is 2. The van der Waals surface area contributed by atoms with Crippen molar-refractivity contribution < 1.29 is 5.11 Å². The molecule has 12 heavy (non-hydrogen) atoms. The van der Waals surface area contributed by atoms with Gasteiger partial charge in [0.2, 0.25) is 0 Å². The van der Waals surface area contributed by atoms with Gasteiger partial charge < -0.3 is 15.8 Å². The van der Waals surface area contributed by atoms with Gasteiger partial charge in [0.25, 0.3) is 0 Å². The van der Waals surface area contributed by atoms with Gasteiger partial charge in [-0.2, -0.15) is 0 Å². The van der Waals surface area contributed by atoms with Crippen molar-refractivity contribution in [3.05, 3.63) is 23.8 Å². The summed E-state index contributed by atoms with van der Waals surface area (Å²) in [5.41, 5.74) is 7.78. The lowest BCUT2D eigenvalue weighted by atomic mass is 10.2. The van der Waals surface area contributed by atoms with E-state index in [0.717, 1.165) is 11.3 Å². The second-order valence-corrected chi connectivity index (χ2v) is 2.66. The molecule has 0 heterocycles. The molecule has 0 amide bonds. The van der Waals surface area contributed by atoms with E-state index in [-0.39, 0.29) is 6.61 Å². The number of hydrazine groups is 1. The molecule has 0 atom stereocenters. The predicted octanol–water partition coefficient (Wildman–Crippen LogP) is 0.0710. The number of anilines is 2. The maximum absolute atomic E-state index is 8.83. The van der Waals surface area contributed by atoms with Crippen molar-refractivity contribution in [2.75, 3.05) is 17.8 Å². The topological polar surface area (TPSA) is 75.5 Å². The quantitative estimate of drug-likeness (QED) is 0.331. The number of nitrogens with zero attached hydrogens (tertiary/aromatic N) is 1.